The number of amides is 1. The van der Waals surface area contributed by atoms with Crippen LogP contribution in [0, 0.1) is 5.82 Å². The zero-order valence-corrected chi connectivity index (χ0v) is 14.3. The Labute approximate surface area is 152 Å². The number of fused-ring (bicyclic) bond motifs is 1. The molecule has 2 saturated heterocycles. The second kappa shape index (κ2) is 6.31. The molecule has 0 saturated carbocycles. The third-order valence-corrected chi connectivity index (χ3v) is 5.46. The summed E-state index contributed by atoms with van der Waals surface area (Å²) in [5.41, 5.74) is 0.715. The van der Waals surface area contributed by atoms with Crippen molar-refractivity contribution in [3.63, 3.8) is 0 Å². The van der Waals surface area contributed by atoms with E-state index >= 15 is 0 Å². The van der Waals surface area contributed by atoms with Gasteiger partial charge in [-0.2, -0.15) is 0 Å². The molecule has 1 aromatic heterocycles. The standard InChI is InChI=1S/C16H15ClFN5O3/c17-10-2-4-11(22-7-19-20-21-22)14(15(10)18)8-5-9-1-3-12(16(25)26)23(9)13(24)6-8/h2,4,7-9,12H,1,3,5-6H2,(H,25,26)/t8?,9-,12?/m1/s1. The van der Waals surface area contributed by atoms with Gasteiger partial charge in [-0.15, -0.1) is 5.10 Å². The molecule has 0 aliphatic carbocycles. The summed E-state index contributed by atoms with van der Waals surface area (Å²) in [5.74, 6) is -2.30. The average molecular weight is 380 g/mol. The van der Waals surface area contributed by atoms with E-state index in [0.29, 0.717) is 24.9 Å². The van der Waals surface area contributed by atoms with Crippen LogP contribution in [-0.2, 0) is 9.59 Å². The Morgan fingerprint density at radius 1 is 1.35 bits per heavy atom. The molecule has 0 spiro atoms. The lowest BCUT2D eigenvalue weighted by atomic mass is 9.84. The number of benzene rings is 1. The maximum absolute atomic E-state index is 14.9. The molecule has 2 aliphatic heterocycles. The van der Waals surface area contributed by atoms with Gasteiger partial charge in [0.2, 0.25) is 5.91 Å². The van der Waals surface area contributed by atoms with E-state index < -0.39 is 23.7 Å². The summed E-state index contributed by atoms with van der Waals surface area (Å²) in [6, 6.07) is 2.02. The average Bonchev–Trinajstić information content (AvgIpc) is 3.26. The minimum Gasteiger partial charge on any atom is -0.480 e. The zero-order valence-electron chi connectivity index (χ0n) is 13.5. The minimum atomic E-state index is -0.998. The van der Waals surface area contributed by atoms with Gasteiger partial charge in [-0.3, -0.25) is 4.79 Å². The highest BCUT2D eigenvalue weighted by Crippen LogP contribution is 2.42. The van der Waals surface area contributed by atoms with Crippen LogP contribution in [0.25, 0.3) is 5.69 Å². The minimum absolute atomic E-state index is 0.0205. The second-order valence-corrected chi connectivity index (χ2v) is 6.98. The number of aromatic nitrogens is 4. The molecule has 4 rings (SSSR count). The highest BCUT2D eigenvalue weighted by Gasteiger charge is 2.46. The molecule has 0 bridgehead atoms. The van der Waals surface area contributed by atoms with Crippen molar-refractivity contribution in [3.8, 4) is 5.69 Å². The molecule has 2 unspecified atom stereocenters. The number of halogens is 2. The van der Waals surface area contributed by atoms with Crippen LogP contribution in [0.15, 0.2) is 18.5 Å². The van der Waals surface area contributed by atoms with Crippen LogP contribution in [0.5, 0.6) is 0 Å². The van der Waals surface area contributed by atoms with E-state index in [9.17, 15) is 19.1 Å². The molecule has 1 N–H and O–H groups in total. The van der Waals surface area contributed by atoms with E-state index in [0.717, 1.165) is 0 Å². The van der Waals surface area contributed by atoms with Crippen LogP contribution in [0.1, 0.15) is 37.2 Å². The van der Waals surface area contributed by atoms with Crippen LogP contribution in [0.4, 0.5) is 4.39 Å². The summed E-state index contributed by atoms with van der Waals surface area (Å²) in [4.78, 5) is 25.4. The molecule has 10 heteroatoms. The fraction of sp³-hybridized carbons (Fsp3) is 0.438. The van der Waals surface area contributed by atoms with Gasteiger partial charge in [0.05, 0.1) is 10.7 Å². The molecule has 136 valence electrons. The molecule has 8 nitrogen and oxygen atoms in total. The number of hydrogen-bond donors (Lipinski definition) is 1. The van der Waals surface area contributed by atoms with Crippen molar-refractivity contribution in [2.75, 3.05) is 0 Å². The summed E-state index contributed by atoms with van der Waals surface area (Å²) in [7, 11) is 0. The number of carbonyl (C=O) groups excluding carboxylic acids is 1. The van der Waals surface area contributed by atoms with Crippen LogP contribution in [0.3, 0.4) is 0 Å². The molecule has 0 radical (unpaired) electrons. The van der Waals surface area contributed by atoms with Gasteiger partial charge in [-0.05, 0) is 47.7 Å². The quantitative estimate of drug-likeness (QED) is 0.872. The SMILES string of the molecule is O=C(O)C1CC[C@@H]2CC(c3c(-n4cnnn4)ccc(Cl)c3F)CC(=O)N12. The van der Waals surface area contributed by atoms with E-state index in [4.69, 9.17) is 11.6 Å². The van der Waals surface area contributed by atoms with Gasteiger partial charge in [-0.1, -0.05) is 11.6 Å². The van der Waals surface area contributed by atoms with Crippen molar-refractivity contribution in [1.82, 2.24) is 25.1 Å². The number of carboxylic acids is 1. The Morgan fingerprint density at radius 2 is 2.15 bits per heavy atom. The first-order chi connectivity index (χ1) is 12.5. The summed E-state index contributed by atoms with van der Waals surface area (Å²) >= 11 is 5.97. The molecule has 3 heterocycles. The Morgan fingerprint density at radius 3 is 2.85 bits per heavy atom. The predicted octanol–water partition coefficient (Wildman–Crippen LogP) is 1.78. The smallest absolute Gasteiger partial charge is 0.326 e. The lowest BCUT2D eigenvalue weighted by Gasteiger charge is -2.37. The predicted molar refractivity (Wildman–Crippen MR) is 87.4 cm³/mol. The van der Waals surface area contributed by atoms with Crippen molar-refractivity contribution < 1.29 is 19.1 Å². The van der Waals surface area contributed by atoms with Crippen LogP contribution < -0.4 is 0 Å². The largest absolute Gasteiger partial charge is 0.480 e. The molecule has 2 aliphatic rings. The van der Waals surface area contributed by atoms with Gasteiger partial charge >= 0.3 is 5.97 Å². The number of carboxylic acid groups (broad SMARTS) is 1. The van der Waals surface area contributed by atoms with Gasteiger partial charge < -0.3 is 10.0 Å². The summed E-state index contributed by atoms with van der Waals surface area (Å²) in [5, 5.41) is 20.2. The van der Waals surface area contributed by atoms with Gasteiger partial charge in [0.1, 0.15) is 18.2 Å². The Bertz CT molecular complexity index is 875. The molecule has 2 fully saturated rings. The Kier molecular flexibility index (Phi) is 4.10. The van der Waals surface area contributed by atoms with Crippen LogP contribution in [-0.4, -0.2) is 54.2 Å². The molecule has 1 amide bonds. The lowest BCUT2D eigenvalue weighted by Crippen LogP contribution is -2.48. The van der Waals surface area contributed by atoms with E-state index in [2.05, 4.69) is 15.5 Å². The number of aliphatic carboxylic acids is 1. The number of rotatable bonds is 3. The molecular formula is C16H15ClFN5O3. The number of carbonyl (C=O) groups is 2. The summed E-state index contributed by atoms with van der Waals surface area (Å²) < 4.78 is 16.2. The van der Waals surface area contributed by atoms with E-state index in [1.807, 2.05) is 0 Å². The summed E-state index contributed by atoms with van der Waals surface area (Å²) in [6.07, 6.45) is 2.84. The fourth-order valence-corrected chi connectivity index (χ4v) is 4.26. The van der Waals surface area contributed by atoms with Crippen LogP contribution in [0.2, 0.25) is 5.02 Å². The maximum Gasteiger partial charge on any atom is 0.326 e. The van der Waals surface area contributed by atoms with Gasteiger partial charge in [0, 0.05) is 18.0 Å². The molecule has 3 atom stereocenters. The monoisotopic (exact) mass is 379 g/mol. The molecule has 2 aromatic rings. The fourth-order valence-electron chi connectivity index (χ4n) is 4.10. The number of hydrogen-bond acceptors (Lipinski definition) is 5. The molecule has 1 aromatic carbocycles. The Balaban J connectivity index is 1.73. The van der Waals surface area contributed by atoms with Crippen molar-refractivity contribution in [1.29, 1.82) is 0 Å². The van der Waals surface area contributed by atoms with Crippen molar-refractivity contribution >= 4 is 23.5 Å². The third-order valence-electron chi connectivity index (χ3n) is 5.17. The highest BCUT2D eigenvalue weighted by atomic mass is 35.5. The summed E-state index contributed by atoms with van der Waals surface area (Å²) in [6.45, 7) is 0. The van der Waals surface area contributed by atoms with Gasteiger partial charge in [0.15, 0.2) is 0 Å². The van der Waals surface area contributed by atoms with Gasteiger partial charge in [0.25, 0.3) is 0 Å². The number of piperidine rings is 1. The topological polar surface area (TPSA) is 101 Å². The zero-order chi connectivity index (χ0) is 18.4. The Hall–Kier alpha value is -2.55. The maximum atomic E-state index is 14.9. The first-order valence-electron chi connectivity index (χ1n) is 8.22. The first-order valence-corrected chi connectivity index (χ1v) is 8.60. The van der Waals surface area contributed by atoms with E-state index in [1.165, 1.54) is 22.0 Å². The normalized spacial score (nSPS) is 25.4. The van der Waals surface area contributed by atoms with Crippen molar-refractivity contribution in [3.05, 3.63) is 34.9 Å². The molecule has 26 heavy (non-hydrogen) atoms. The molecular weight excluding hydrogens is 365 g/mol. The van der Waals surface area contributed by atoms with Crippen LogP contribution >= 0.6 is 11.6 Å². The van der Waals surface area contributed by atoms with Crippen molar-refractivity contribution in [2.24, 2.45) is 0 Å². The first kappa shape index (κ1) is 16.9. The lowest BCUT2D eigenvalue weighted by molar-refractivity contribution is -0.151. The third kappa shape index (κ3) is 2.63. The number of nitrogens with zero attached hydrogens (tertiary/aromatic N) is 5. The second-order valence-electron chi connectivity index (χ2n) is 6.57. The highest BCUT2D eigenvalue weighted by molar-refractivity contribution is 6.30. The van der Waals surface area contributed by atoms with E-state index in [1.54, 1.807) is 6.07 Å². The number of tetrazole rings is 1. The van der Waals surface area contributed by atoms with E-state index in [-0.39, 0.29) is 29.0 Å². The van der Waals surface area contributed by atoms with Crippen molar-refractivity contribution in [2.45, 2.75) is 43.7 Å². The van der Waals surface area contributed by atoms with Gasteiger partial charge in [-0.25, -0.2) is 13.9 Å².